The van der Waals surface area contributed by atoms with Crippen molar-refractivity contribution in [3.63, 3.8) is 0 Å². The summed E-state index contributed by atoms with van der Waals surface area (Å²) in [6.45, 7) is 4.21. The highest BCUT2D eigenvalue weighted by Gasteiger charge is 2.18. The Labute approximate surface area is 179 Å². The molecule has 0 amide bonds. The van der Waals surface area contributed by atoms with Crippen LogP contribution in [0.5, 0.6) is 5.75 Å². The second-order valence-electron chi connectivity index (χ2n) is 6.88. The molecule has 1 unspecified atom stereocenters. The number of aromatic nitrogens is 1. The molecule has 0 bridgehead atoms. The molecule has 0 aliphatic heterocycles. The predicted octanol–water partition coefficient (Wildman–Crippen LogP) is 5.42. The third kappa shape index (κ3) is 4.65. The highest BCUT2D eigenvalue weighted by atomic mass is 32.2. The van der Waals surface area contributed by atoms with E-state index in [1.165, 1.54) is 0 Å². The molecule has 0 spiro atoms. The van der Waals surface area contributed by atoms with E-state index >= 15 is 0 Å². The Morgan fingerprint density at radius 3 is 2.60 bits per heavy atom. The Balaban J connectivity index is 1.98. The molecule has 0 saturated carbocycles. The van der Waals surface area contributed by atoms with E-state index < -0.39 is 17.7 Å². The van der Waals surface area contributed by atoms with Crippen molar-refractivity contribution in [1.29, 1.82) is 5.26 Å². The molecule has 1 atom stereocenters. The lowest BCUT2D eigenvalue weighted by Gasteiger charge is -2.11. The fraction of sp³-hybridized carbons (Fsp3) is 0.348. The number of anilines is 1. The van der Waals surface area contributed by atoms with Gasteiger partial charge < -0.3 is 14.0 Å². The Morgan fingerprint density at radius 2 is 1.97 bits per heavy atom. The van der Waals surface area contributed by atoms with Gasteiger partial charge >= 0.3 is 0 Å². The summed E-state index contributed by atoms with van der Waals surface area (Å²) < 4.78 is 35.0. The maximum absolute atomic E-state index is 12.5. The Kier molecular flexibility index (Phi) is 7.47. The van der Waals surface area contributed by atoms with Gasteiger partial charge in [-0.1, -0.05) is 25.5 Å². The standard InChI is InChI=1S/C23H26FN3O2S/c1-3-5-14-30(28)26-18-8-6-17(7-9-18)23-21(16-25)20-11-10-19(29-13-12-24)15-22(20)27(23)4-2/h6-11,15,26H,3-5,12-14H2,1-2H3. The number of ether oxygens (including phenoxy) is 1. The lowest BCUT2D eigenvalue weighted by molar-refractivity contribution is 0.273. The molecule has 7 heteroatoms. The molecule has 158 valence electrons. The first-order valence-corrected chi connectivity index (χ1v) is 11.4. The first-order valence-electron chi connectivity index (χ1n) is 10.1. The molecule has 30 heavy (non-hydrogen) atoms. The molecule has 0 radical (unpaired) electrons. The SMILES string of the molecule is CCCCS(=O)Nc1ccc(-c2c(C#N)c3ccc(OCCF)cc3n2CC)cc1. The number of nitrogens with zero attached hydrogens (tertiary/aromatic N) is 2. The van der Waals surface area contributed by atoms with Crippen LogP contribution in [0.1, 0.15) is 32.3 Å². The van der Waals surface area contributed by atoms with Crippen LogP contribution in [-0.2, 0) is 17.5 Å². The summed E-state index contributed by atoms with van der Waals surface area (Å²) in [5.41, 5.74) is 3.99. The summed E-state index contributed by atoms with van der Waals surface area (Å²) in [6.07, 6.45) is 1.92. The summed E-state index contributed by atoms with van der Waals surface area (Å²) in [5.74, 6) is 1.20. The molecule has 1 heterocycles. The van der Waals surface area contributed by atoms with Gasteiger partial charge in [-0.25, -0.2) is 8.60 Å². The summed E-state index contributed by atoms with van der Waals surface area (Å²) in [6, 6.07) is 15.4. The minimum atomic E-state index is -1.10. The van der Waals surface area contributed by atoms with Crippen molar-refractivity contribution < 1.29 is 13.3 Å². The van der Waals surface area contributed by atoms with Gasteiger partial charge in [0.2, 0.25) is 0 Å². The lowest BCUT2D eigenvalue weighted by Crippen LogP contribution is -2.08. The van der Waals surface area contributed by atoms with E-state index in [2.05, 4.69) is 22.3 Å². The van der Waals surface area contributed by atoms with Gasteiger partial charge in [-0.15, -0.1) is 0 Å². The van der Waals surface area contributed by atoms with Gasteiger partial charge in [0.25, 0.3) is 0 Å². The monoisotopic (exact) mass is 427 g/mol. The number of halogens is 1. The normalized spacial score (nSPS) is 11.9. The third-order valence-electron chi connectivity index (χ3n) is 4.88. The molecule has 0 saturated heterocycles. The highest BCUT2D eigenvalue weighted by molar-refractivity contribution is 7.86. The smallest absolute Gasteiger partial charge is 0.123 e. The number of fused-ring (bicyclic) bond motifs is 1. The van der Waals surface area contributed by atoms with Gasteiger partial charge in [0.15, 0.2) is 0 Å². The van der Waals surface area contributed by atoms with E-state index in [1.54, 1.807) is 6.07 Å². The second-order valence-corrected chi connectivity index (χ2v) is 8.18. The summed E-state index contributed by atoms with van der Waals surface area (Å²) in [4.78, 5) is 0. The predicted molar refractivity (Wildman–Crippen MR) is 121 cm³/mol. The third-order valence-corrected chi connectivity index (χ3v) is 6.01. The van der Waals surface area contributed by atoms with Crippen LogP contribution in [0.2, 0.25) is 0 Å². The number of rotatable bonds is 10. The fourth-order valence-corrected chi connectivity index (χ4v) is 4.52. The Morgan fingerprint density at radius 1 is 1.20 bits per heavy atom. The van der Waals surface area contributed by atoms with E-state index in [0.717, 1.165) is 40.7 Å². The van der Waals surface area contributed by atoms with Crippen LogP contribution in [-0.4, -0.2) is 27.8 Å². The first kappa shape index (κ1) is 21.8. The second kappa shape index (κ2) is 10.3. The van der Waals surface area contributed by atoms with Crippen LogP contribution in [0, 0.1) is 11.3 Å². The molecule has 0 fully saturated rings. The van der Waals surface area contributed by atoms with Crippen molar-refractivity contribution in [2.45, 2.75) is 33.2 Å². The highest BCUT2D eigenvalue weighted by Crippen LogP contribution is 2.35. The van der Waals surface area contributed by atoms with E-state index in [1.807, 2.05) is 43.3 Å². The Hall–Kier alpha value is -2.85. The number of hydrogen-bond acceptors (Lipinski definition) is 3. The van der Waals surface area contributed by atoms with Gasteiger partial charge in [-0.05, 0) is 43.2 Å². The molecular weight excluding hydrogens is 401 g/mol. The van der Waals surface area contributed by atoms with Crippen LogP contribution < -0.4 is 9.46 Å². The molecular formula is C23H26FN3O2S. The van der Waals surface area contributed by atoms with Gasteiger partial charge in [0.1, 0.15) is 36.1 Å². The molecule has 1 aromatic heterocycles. The molecule has 5 nitrogen and oxygen atoms in total. The zero-order valence-corrected chi connectivity index (χ0v) is 18.1. The number of hydrogen-bond donors (Lipinski definition) is 1. The van der Waals surface area contributed by atoms with Crippen LogP contribution in [0.15, 0.2) is 42.5 Å². The van der Waals surface area contributed by atoms with Gasteiger partial charge in [-0.2, -0.15) is 5.26 Å². The van der Waals surface area contributed by atoms with E-state index in [0.29, 0.717) is 23.6 Å². The summed E-state index contributed by atoms with van der Waals surface area (Å²) in [7, 11) is -1.10. The minimum absolute atomic E-state index is 0.00436. The molecule has 2 aromatic carbocycles. The van der Waals surface area contributed by atoms with Crippen LogP contribution in [0.3, 0.4) is 0 Å². The van der Waals surface area contributed by atoms with Crippen molar-refractivity contribution in [3.8, 4) is 23.1 Å². The average Bonchev–Trinajstić information content (AvgIpc) is 3.09. The van der Waals surface area contributed by atoms with Crippen molar-refractivity contribution in [2.24, 2.45) is 0 Å². The van der Waals surface area contributed by atoms with Crippen LogP contribution in [0.4, 0.5) is 10.1 Å². The summed E-state index contributed by atoms with van der Waals surface area (Å²) >= 11 is 0. The van der Waals surface area contributed by atoms with Crippen LogP contribution >= 0.6 is 0 Å². The number of aryl methyl sites for hydroxylation is 1. The summed E-state index contributed by atoms with van der Waals surface area (Å²) in [5, 5.41) is 10.7. The largest absolute Gasteiger partial charge is 0.491 e. The number of unbranched alkanes of at least 4 members (excludes halogenated alkanes) is 1. The topological polar surface area (TPSA) is 67.1 Å². The zero-order chi connectivity index (χ0) is 21.5. The number of nitriles is 1. The quantitative estimate of drug-likeness (QED) is 0.469. The zero-order valence-electron chi connectivity index (χ0n) is 17.3. The van der Waals surface area contributed by atoms with Crippen molar-refractivity contribution in [3.05, 3.63) is 48.0 Å². The van der Waals surface area contributed by atoms with Crippen molar-refractivity contribution in [1.82, 2.24) is 4.57 Å². The van der Waals surface area contributed by atoms with E-state index in [-0.39, 0.29) is 6.61 Å². The maximum Gasteiger partial charge on any atom is 0.123 e. The lowest BCUT2D eigenvalue weighted by atomic mass is 10.1. The van der Waals surface area contributed by atoms with Gasteiger partial charge in [-0.3, -0.25) is 0 Å². The van der Waals surface area contributed by atoms with Gasteiger partial charge in [0.05, 0.1) is 16.8 Å². The van der Waals surface area contributed by atoms with Crippen molar-refractivity contribution >= 4 is 27.6 Å². The molecule has 3 aromatic rings. The maximum atomic E-state index is 12.5. The number of nitrogens with one attached hydrogen (secondary N) is 1. The first-order chi connectivity index (χ1) is 14.6. The number of alkyl halides is 1. The molecule has 3 rings (SSSR count). The van der Waals surface area contributed by atoms with Crippen molar-refractivity contribution in [2.75, 3.05) is 23.8 Å². The minimum Gasteiger partial charge on any atom is -0.491 e. The average molecular weight is 428 g/mol. The van der Waals surface area contributed by atoms with E-state index in [4.69, 9.17) is 4.74 Å². The van der Waals surface area contributed by atoms with Gasteiger partial charge in [0, 0.05) is 29.4 Å². The molecule has 1 N–H and O–H groups in total. The molecule has 0 aliphatic rings. The van der Waals surface area contributed by atoms with Crippen LogP contribution in [0.25, 0.3) is 22.2 Å². The number of benzene rings is 2. The fourth-order valence-electron chi connectivity index (χ4n) is 3.47. The van der Waals surface area contributed by atoms with E-state index in [9.17, 15) is 13.9 Å². The Bertz CT molecular complexity index is 1070. The molecule has 0 aliphatic carbocycles.